The molecule has 0 saturated heterocycles. The molecule has 7 heteroatoms. The second-order valence-corrected chi connectivity index (χ2v) is 6.84. The average molecular weight is 386 g/mol. The fourth-order valence-electron chi connectivity index (χ4n) is 2.72. The predicted molar refractivity (Wildman–Crippen MR) is 96.9 cm³/mol. The summed E-state index contributed by atoms with van der Waals surface area (Å²) in [5.74, 6) is -0.494. The Labute approximate surface area is 154 Å². The maximum absolute atomic E-state index is 12.4. The molecule has 4 nitrogen and oxygen atoms in total. The quantitative estimate of drug-likeness (QED) is 0.736. The second-order valence-electron chi connectivity index (χ2n) is 5.58. The van der Waals surface area contributed by atoms with Gasteiger partial charge in [-0.15, -0.1) is 0 Å². The summed E-state index contributed by atoms with van der Waals surface area (Å²) >= 11 is 17.9. The summed E-state index contributed by atoms with van der Waals surface area (Å²) in [4.78, 5) is 12.4. The smallest absolute Gasteiger partial charge is 0.253 e. The van der Waals surface area contributed by atoms with Gasteiger partial charge in [0.05, 0.1) is 16.1 Å². The van der Waals surface area contributed by atoms with Gasteiger partial charge in [0.15, 0.2) is 6.10 Å². The van der Waals surface area contributed by atoms with Crippen LogP contribution in [0.15, 0.2) is 36.4 Å². The van der Waals surface area contributed by atoms with Gasteiger partial charge in [0.25, 0.3) is 5.91 Å². The van der Waals surface area contributed by atoms with E-state index in [-0.39, 0.29) is 6.04 Å². The number of nitrogens with one attached hydrogen (secondary N) is 2. The number of fused-ring (bicyclic) bond motifs is 1. The van der Waals surface area contributed by atoms with Crippen LogP contribution in [0.1, 0.15) is 29.7 Å². The predicted octanol–water partition coefficient (Wildman–Crippen LogP) is 4.35. The summed E-state index contributed by atoms with van der Waals surface area (Å²) in [5, 5.41) is 17.7. The van der Waals surface area contributed by atoms with Gasteiger partial charge in [-0.1, -0.05) is 40.9 Å². The lowest BCUT2D eigenvalue weighted by Gasteiger charge is -2.28. The highest BCUT2D eigenvalue weighted by Gasteiger charge is 2.26. The van der Waals surface area contributed by atoms with Gasteiger partial charge in [0.1, 0.15) is 0 Å². The Hall–Kier alpha value is -1.46. The molecule has 3 rings (SSSR count). The van der Waals surface area contributed by atoms with E-state index >= 15 is 0 Å². The standard InChI is InChI=1S/C17H15Cl3N2O2/c18-10-2-4-14-11(8-10)15(5-6-21-14)22-17(24)16(23)9-1-3-12(19)13(20)7-9/h1-4,7-8,15-16,21,23H,5-6H2,(H,22,24). The molecule has 0 spiro atoms. The first-order chi connectivity index (χ1) is 11.5. The minimum Gasteiger partial charge on any atom is -0.385 e. The number of carbonyl (C=O) groups excluding carboxylic acids is 1. The maximum Gasteiger partial charge on any atom is 0.253 e. The van der Waals surface area contributed by atoms with Crippen LogP contribution < -0.4 is 10.6 Å². The minimum atomic E-state index is -1.32. The number of halogens is 3. The Morgan fingerprint density at radius 2 is 1.96 bits per heavy atom. The lowest BCUT2D eigenvalue weighted by Crippen LogP contribution is -2.36. The Balaban J connectivity index is 1.78. The fourth-order valence-corrected chi connectivity index (χ4v) is 3.21. The zero-order valence-electron chi connectivity index (χ0n) is 12.5. The third-order valence-corrected chi connectivity index (χ3v) is 4.94. The van der Waals surface area contributed by atoms with Crippen LogP contribution in [0.2, 0.25) is 15.1 Å². The van der Waals surface area contributed by atoms with Gasteiger partial charge in [0.2, 0.25) is 0 Å². The summed E-state index contributed by atoms with van der Waals surface area (Å²) in [6.07, 6.45) is -0.620. The number of aliphatic hydroxyl groups excluding tert-OH is 1. The van der Waals surface area contributed by atoms with E-state index < -0.39 is 12.0 Å². The molecule has 0 bridgehead atoms. The number of aliphatic hydroxyl groups is 1. The highest BCUT2D eigenvalue weighted by Crippen LogP contribution is 2.33. The van der Waals surface area contributed by atoms with Gasteiger partial charge in [-0.3, -0.25) is 4.79 Å². The molecular formula is C17H15Cl3N2O2. The van der Waals surface area contributed by atoms with Crippen molar-refractivity contribution in [2.24, 2.45) is 0 Å². The zero-order valence-corrected chi connectivity index (χ0v) is 14.8. The van der Waals surface area contributed by atoms with Crippen LogP contribution in [0.5, 0.6) is 0 Å². The third kappa shape index (κ3) is 3.62. The molecule has 2 atom stereocenters. The van der Waals surface area contributed by atoms with Crippen molar-refractivity contribution in [3.05, 3.63) is 62.6 Å². The molecule has 2 aromatic rings. The number of anilines is 1. The van der Waals surface area contributed by atoms with E-state index in [1.807, 2.05) is 12.1 Å². The van der Waals surface area contributed by atoms with E-state index in [2.05, 4.69) is 10.6 Å². The van der Waals surface area contributed by atoms with Crippen molar-refractivity contribution in [2.75, 3.05) is 11.9 Å². The molecule has 2 unspecified atom stereocenters. The Morgan fingerprint density at radius 3 is 2.71 bits per heavy atom. The van der Waals surface area contributed by atoms with Gasteiger partial charge < -0.3 is 15.7 Å². The molecule has 3 N–H and O–H groups in total. The van der Waals surface area contributed by atoms with Crippen molar-refractivity contribution in [3.8, 4) is 0 Å². The van der Waals surface area contributed by atoms with Crippen LogP contribution in [0.25, 0.3) is 0 Å². The van der Waals surface area contributed by atoms with Crippen molar-refractivity contribution < 1.29 is 9.90 Å². The van der Waals surface area contributed by atoms with Crippen LogP contribution in [-0.2, 0) is 4.79 Å². The molecule has 1 aliphatic heterocycles. The molecule has 0 saturated carbocycles. The highest BCUT2D eigenvalue weighted by molar-refractivity contribution is 6.42. The lowest BCUT2D eigenvalue weighted by molar-refractivity contribution is -0.130. The highest BCUT2D eigenvalue weighted by atomic mass is 35.5. The normalized spacial score (nSPS) is 17.6. The van der Waals surface area contributed by atoms with Gasteiger partial charge in [-0.25, -0.2) is 0 Å². The minimum absolute atomic E-state index is 0.218. The molecular weight excluding hydrogens is 371 g/mol. The van der Waals surface area contributed by atoms with Crippen molar-refractivity contribution in [2.45, 2.75) is 18.6 Å². The van der Waals surface area contributed by atoms with E-state index in [0.717, 1.165) is 17.8 Å². The summed E-state index contributed by atoms with van der Waals surface area (Å²) in [7, 11) is 0. The van der Waals surface area contributed by atoms with Crippen molar-refractivity contribution in [1.29, 1.82) is 0 Å². The molecule has 0 radical (unpaired) electrons. The van der Waals surface area contributed by atoms with E-state index in [0.29, 0.717) is 27.1 Å². The topological polar surface area (TPSA) is 61.4 Å². The summed E-state index contributed by atoms with van der Waals surface area (Å²) in [5.41, 5.74) is 2.23. The second kappa shape index (κ2) is 7.19. The first-order valence-electron chi connectivity index (χ1n) is 7.42. The molecule has 1 aliphatic rings. The Bertz CT molecular complexity index is 782. The lowest BCUT2D eigenvalue weighted by atomic mass is 9.97. The molecule has 2 aromatic carbocycles. The van der Waals surface area contributed by atoms with Crippen LogP contribution in [-0.4, -0.2) is 17.6 Å². The van der Waals surface area contributed by atoms with Crippen molar-refractivity contribution in [3.63, 3.8) is 0 Å². The van der Waals surface area contributed by atoms with Crippen LogP contribution in [0.4, 0.5) is 5.69 Å². The van der Waals surface area contributed by atoms with Crippen molar-refractivity contribution >= 4 is 46.4 Å². The number of hydrogen-bond acceptors (Lipinski definition) is 3. The Kier molecular flexibility index (Phi) is 5.21. The van der Waals surface area contributed by atoms with Gasteiger partial charge >= 0.3 is 0 Å². The average Bonchev–Trinajstić information content (AvgIpc) is 2.57. The molecule has 0 aromatic heterocycles. The molecule has 1 amide bonds. The first kappa shape index (κ1) is 17.4. The van der Waals surface area contributed by atoms with E-state index in [1.165, 1.54) is 6.07 Å². The SMILES string of the molecule is O=C(NC1CCNc2ccc(Cl)cc21)C(O)c1ccc(Cl)c(Cl)c1. The van der Waals surface area contributed by atoms with Crippen molar-refractivity contribution in [1.82, 2.24) is 5.32 Å². The summed E-state index contributed by atoms with van der Waals surface area (Å²) in [6.45, 7) is 0.725. The molecule has 0 aliphatic carbocycles. The summed E-state index contributed by atoms with van der Waals surface area (Å²) < 4.78 is 0. The van der Waals surface area contributed by atoms with Gasteiger partial charge in [0, 0.05) is 17.3 Å². The fraction of sp³-hybridized carbons (Fsp3) is 0.235. The summed E-state index contributed by atoms with van der Waals surface area (Å²) in [6, 6.07) is 9.89. The largest absolute Gasteiger partial charge is 0.385 e. The maximum atomic E-state index is 12.4. The van der Waals surface area contributed by atoms with E-state index in [1.54, 1.807) is 18.2 Å². The molecule has 1 heterocycles. The molecule has 0 fully saturated rings. The van der Waals surface area contributed by atoms with Gasteiger partial charge in [-0.05, 0) is 47.9 Å². The monoisotopic (exact) mass is 384 g/mol. The molecule has 24 heavy (non-hydrogen) atoms. The zero-order chi connectivity index (χ0) is 17.3. The number of carbonyl (C=O) groups is 1. The van der Waals surface area contributed by atoms with Gasteiger partial charge in [-0.2, -0.15) is 0 Å². The number of amides is 1. The van der Waals surface area contributed by atoms with Crippen LogP contribution in [0, 0.1) is 0 Å². The van der Waals surface area contributed by atoms with E-state index in [9.17, 15) is 9.90 Å². The third-order valence-electron chi connectivity index (χ3n) is 3.96. The number of benzene rings is 2. The number of hydrogen-bond donors (Lipinski definition) is 3. The van der Waals surface area contributed by atoms with Crippen LogP contribution in [0.3, 0.4) is 0 Å². The Morgan fingerprint density at radius 1 is 1.17 bits per heavy atom. The van der Waals surface area contributed by atoms with Crippen LogP contribution >= 0.6 is 34.8 Å². The number of rotatable bonds is 3. The molecule has 126 valence electrons. The first-order valence-corrected chi connectivity index (χ1v) is 8.56. The van der Waals surface area contributed by atoms with E-state index in [4.69, 9.17) is 34.8 Å².